The molecule has 0 unspecified atom stereocenters. The van der Waals surface area contributed by atoms with Crippen LogP contribution in [-0.4, -0.2) is 62.9 Å². The van der Waals surface area contributed by atoms with Gasteiger partial charge in [-0.15, -0.1) is 24.0 Å². The van der Waals surface area contributed by atoms with E-state index in [1.54, 1.807) is 12.0 Å². The Morgan fingerprint density at radius 1 is 1.29 bits per heavy atom. The third kappa shape index (κ3) is 8.12. The number of amides is 1. The Bertz CT molecular complexity index is 619. The minimum absolute atomic E-state index is 0. The molecule has 2 rings (SSSR count). The molecular formula is C20H33IN4O3. The van der Waals surface area contributed by atoms with E-state index in [0.29, 0.717) is 32.3 Å². The molecule has 1 aliphatic heterocycles. The number of hydrogen-bond donors (Lipinski definition) is 2. The van der Waals surface area contributed by atoms with Crippen LogP contribution in [0.4, 0.5) is 4.79 Å². The molecule has 8 heteroatoms. The smallest absolute Gasteiger partial charge is 0.409 e. The van der Waals surface area contributed by atoms with Gasteiger partial charge in [-0.1, -0.05) is 12.1 Å². The summed E-state index contributed by atoms with van der Waals surface area (Å²) in [6.45, 7) is 7.23. The van der Waals surface area contributed by atoms with Crippen LogP contribution in [0.15, 0.2) is 29.3 Å². The van der Waals surface area contributed by atoms with Crippen molar-refractivity contribution in [3.63, 3.8) is 0 Å². The largest absolute Gasteiger partial charge is 0.497 e. The van der Waals surface area contributed by atoms with Crippen LogP contribution in [0.3, 0.4) is 0 Å². The van der Waals surface area contributed by atoms with Gasteiger partial charge in [0.2, 0.25) is 0 Å². The number of methoxy groups -OCH3 is 1. The zero-order valence-electron chi connectivity index (χ0n) is 17.1. The molecule has 28 heavy (non-hydrogen) atoms. The number of carbonyl (C=O) groups excluding carboxylic acids is 1. The third-order valence-corrected chi connectivity index (χ3v) is 4.51. The molecule has 1 aromatic rings. The molecule has 7 nitrogen and oxygen atoms in total. The van der Waals surface area contributed by atoms with Gasteiger partial charge in [-0.2, -0.15) is 0 Å². The summed E-state index contributed by atoms with van der Waals surface area (Å²) in [5.74, 6) is 1.70. The summed E-state index contributed by atoms with van der Waals surface area (Å²) >= 11 is 0. The van der Waals surface area contributed by atoms with Crippen molar-refractivity contribution in [2.75, 3.05) is 39.9 Å². The standard InChI is InChI=1S/C20H32N4O3.HI/c1-4-21-19(22-12-9-16-7-6-8-18(15-16)26-3)23-17-10-13-24(14-11-17)20(25)27-5-2;/h6-8,15,17H,4-5,9-14H2,1-3H3,(H2,21,22,23);1H. The number of carbonyl (C=O) groups is 1. The maximum absolute atomic E-state index is 11.8. The van der Waals surface area contributed by atoms with Gasteiger partial charge in [-0.3, -0.25) is 4.99 Å². The van der Waals surface area contributed by atoms with Gasteiger partial charge in [0, 0.05) is 32.2 Å². The maximum atomic E-state index is 11.8. The molecule has 1 amide bonds. The van der Waals surface area contributed by atoms with Crippen LogP contribution in [-0.2, 0) is 11.2 Å². The molecule has 0 bridgehead atoms. The van der Waals surface area contributed by atoms with Gasteiger partial charge < -0.3 is 25.0 Å². The molecule has 0 saturated carbocycles. The van der Waals surface area contributed by atoms with Gasteiger partial charge in [0.05, 0.1) is 13.7 Å². The highest BCUT2D eigenvalue weighted by Gasteiger charge is 2.23. The SMILES string of the molecule is CCNC(=NCCc1cccc(OC)c1)NC1CCN(C(=O)OCC)CC1.I. The molecule has 0 aliphatic carbocycles. The zero-order valence-corrected chi connectivity index (χ0v) is 19.4. The fourth-order valence-corrected chi connectivity index (χ4v) is 3.06. The summed E-state index contributed by atoms with van der Waals surface area (Å²) in [6.07, 6.45) is 2.42. The summed E-state index contributed by atoms with van der Waals surface area (Å²) in [6, 6.07) is 8.38. The van der Waals surface area contributed by atoms with Crippen LogP contribution in [0.1, 0.15) is 32.3 Å². The van der Waals surface area contributed by atoms with E-state index in [9.17, 15) is 4.79 Å². The van der Waals surface area contributed by atoms with Crippen molar-refractivity contribution in [2.24, 2.45) is 4.99 Å². The van der Waals surface area contributed by atoms with E-state index in [2.05, 4.69) is 23.6 Å². The predicted molar refractivity (Wildman–Crippen MR) is 123 cm³/mol. The lowest BCUT2D eigenvalue weighted by molar-refractivity contribution is 0.0963. The molecule has 2 N–H and O–H groups in total. The van der Waals surface area contributed by atoms with E-state index < -0.39 is 0 Å². The Labute approximate surface area is 185 Å². The summed E-state index contributed by atoms with van der Waals surface area (Å²) in [4.78, 5) is 18.3. The highest BCUT2D eigenvalue weighted by molar-refractivity contribution is 14.0. The Kier molecular flexibility index (Phi) is 11.7. The molecule has 1 aromatic carbocycles. The van der Waals surface area contributed by atoms with Crippen molar-refractivity contribution in [1.82, 2.24) is 15.5 Å². The number of piperidine rings is 1. The summed E-state index contributed by atoms with van der Waals surface area (Å²) in [7, 11) is 1.68. The number of hydrogen-bond acceptors (Lipinski definition) is 4. The molecule has 1 heterocycles. The molecule has 1 aliphatic rings. The predicted octanol–water partition coefficient (Wildman–Crippen LogP) is 3.03. The van der Waals surface area contributed by atoms with E-state index >= 15 is 0 Å². The number of rotatable bonds is 7. The van der Waals surface area contributed by atoms with Crippen molar-refractivity contribution in [2.45, 2.75) is 39.2 Å². The lowest BCUT2D eigenvalue weighted by Gasteiger charge is -2.32. The highest BCUT2D eigenvalue weighted by Crippen LogP contribution is 2.13. The normalized spacial score (nSPS) is 14.8. The topological polar surface area (TPSA) is 75.2 Å². The average Bonchev–Trinajstić information content (AvgIpc) is 2.69. The first kappa shape index (κ1) is 24.3. The van der Waals surface area contributed by atoms with Gasteiger partial charge in [-0.05, 0) is 50.8 Å². The van der Waals surface area contributed by atoms with Gasteiger partial charge >= 0.3 is 6.09 Å². The third-order valence-electron chi connectivity index (χ3n) is 4.51. The minimum Gasteiger partial charge on any atom is -0.497 e. The van der Waals surface area contributed by atoms with E-state index in [1.165, 1.54) is 5.56 Å². The van der Waals surface area contributed by atoms with Crippen LogP contribution in [0.2, 0.25) is 0 Å². The van der Waals surface area contributed by atoms with Crippen molar-refractivity contribution in [1.29, 1.82) is 0 Å². The van der Waals surface area contributed by atoms with Crippen LogP contribution in [0, 0.1) is 0 Å². The van der Waals surface area contributed by atoms with Crippen LogP contribution >= 0.6 is 24.0 Å². The monoisotopic (exact) mass is 504 g/mol. The first-order chi connectivity index (χ1) is 13.2. The fourth-order valence-electron chi connectivity index (χ4n) is 3.06. The molecule has 0 atom stereocenters. The fraction of sp³-hybridized carbons (Fsp3) is 0.600. The minimum atomic E-state index is -0.213. The van der Waals surface area contributed by atoms with Crippen LogP contribution < -0.4 is 15.4 Å². The molecule has 0 radical (unpaired) electrons. The van der Waals surface area contributed by atoms with Crippen molar-refractivity contribution in [3.8, 4) is 5.75 Å². The molecule has 0 aromatic heterocycles. The van der Waals surface area contributed by atoms with E-state index in [1.807, 2.05) is 25.1 Å². The van der Waals surface area contributed by atoms with Crippen molar-refractivity contribution < 1.29 is 14.3 Å². The number of ether oxygens (including phenoxy) is 2. The molecule has 1 saturated heterocycles. The maximum Gasteiger partial charge on any atom is 0.409 e. The number of aliphatic imine (C=N–C) groups is 1. The highest BCUT2D eigenvalue weighted by atomic mass is 127. The molecule has 0 spiro atoms. The van der Waals surface area contributed by atoms with E-state index in [4.69, 9.17) is 14.5 Å². The number of nitrogens with zero attached hydrogens (tertiary/aromatic N) is 2. The molecule has 158 valence electrons. The number of benzene rings is 1. The number of guanidine groups is 1. The lowest BCUT2D eigenvalue weighted by atomic mass is 10.1. The van der Waals surface area contributed by atoms with Gasteiger partial charge in [0.15, 0.2) is 5.96 Å². The van der Waals surface area contributed by atoms with Crippen molar-refractivity contribution in [3.05, 3.63) is 29.8 Å². The molecule has 1 fully saturated rings. The van der Waals surface area contributed by atoms with Gasteiger partial charge in [0.25, 0.3) is 0 Å². The van der Waals surface area contributed by atoms with Crippen LogP contribution in [0.25, 0.3) is 0 Å². The molecular weight excluding hydrogens is 471 g/mol. The van der Waals surface area contributed by atoms with Gasteiger partial charge in [0.1, 0.15) is 5.75 Å². The van der Waals surface area contributed by atoms with Crippen LogP contribution in [0.5, 0.6) is 5.75 Å². The van der Waals surface area contributed by atoms with E-state index in [0.717, 1.165) is 37.5 Å². The van der Waals surface area contributed by atoms with Gasteiger partial charge in [-0.25, -0.2) is 4.79 Å². The zero-order chi connectivity index (χ0) is 19.5. The summed E-state index contributed by atoms with van der Waals surface area (Å²) in [5.41, 5.74) is 1.21. The van der Waals surface area contributed by atoms with Crippen molar-refractivity contribution >= 4 is 36.0 Å². The summed E-state index contributed by atoms with van der Waals surface area (Å²) in [5, 5.41) is 6.79. The number of halogens is 1. The second-order valence-corrected chi connectivity index (χ2v) is 6.47. The summed E-state index contributed by atoms with van der Waals surface area (Å²) < 4.78 is 10.3. The number of likely N-dealkylation sites (tertiary alicyclic amines) is 1. The van der Waals surface area contributed by atoms with E-state index in [-0.39, 0.29) is 30.1 Å². The first-order valence-corrected chi connectivity index (χ1v) is 9.75. The second-order valence-electron chi connectivity index (χ2n) is 6.47. The Morgan fingerprint density at radius 3 is 2.68 bits per heavy atom. The Balaban J connectivity index is 0.00000392. The quantitative estimate of drug-likeness (QED) is 0.339. The lowest BCUT2D eigenvalue weighted by Crippen LogP contribution is -2.50. The first-order valence-electron chi connectivity index (χ1n) is 9.75. The Hall–Kier alpha value is -1.71. The Morgan fingerprint density at radius 2 is 2.04 bits per heavy atom. The number of nitrogens with one attached hydrogen (secondary N) is 2. The second kappa shape index (κ2) is 13.5. The average molecular weight is 504 g/mol.